The molecule has 17 heavy (non-hydrogen) atoms. The van der Waals surface area contributed by atoms with Gasteiger partial charge in [-0.25, -0.2) is 10.8 Å². The molecule has 2 rings (SSSR count). The molecule has 2 aromatic rings. The van der Waals surface area contributed by atoms with Gasteiger partial charge in [0.2, 0.25) is 11.8 Å². The lowest BCUT2D eigenvalue weighted by molar-refractivity contribution is 0.463. The first-order valence-electron chi connectivity index (χ1n) is 4.62. The molecule has 0 unspecified atom stereocenters. The van der Waals surface area contributed by atoms with Crippen molar-refractivity contribution in [2.75, 3.05) is 5.43 Å². The Bertz CT molecular complexity index is 535. The minimum absolute atomic E-state index is 0.183. The number of nitrogen functional groups attached to an aromatic ring is 1. The molecule has 0 radical (unpaired) electrons. The number of rotatable bonds is 3. The Balaban J connectivity index is 2.32. The van der Waals surface area contributed by atoms with Crippen LogP contribution in [0.15, 0.2) is 30.5 Å². The summed E-state index contributed by atoms with van der Waals surface area (Å²) in [5.74, 6) is 6.04. The highest BCUT2D eigenvalue weighted by Crippen LogP contribution is 2.31. The molecular weight excluding hydrogens is 263 g/mol. The maximum atomic E-state index is 5.95. The van der Waals surface area contributed by atoms with Gasteiger partial charge in [0.25, 0.3) is 0 Å². The molecule has 5 nitrogen and oxygen atoms in total. The third-order valence-electron chi connectivity index (χ3n) is 1.88. The predicted octanol–water partition coefficient (Wildman–Crippen LogP) is 2.86. The Labute approximate surface area is 108 Å². The van der Waals surface area contributed by atoms with Crippen LogP contribution in [-0.2, 0) is 0 Å². The lowest BCUT2D eigenvalue weighted by atomic mass is 10.3. The lowest BCUT2D eigenvalue weighted by Crippen LogP contribution is -2.10. The number of hydrogen-bond acceptors (Lipinski definition) is 5. The van der Waals surface area contributed by atoms with Gasteiger partial charge in [-0.2, -0.15) is 4.98 Å². The van der Waals surface area contributed by atoms with E-state index < -0.39 is 0 Å². The molecule has 7 heteroatoms. The minimum Gasteiger partial charge on any atom is -0.436 e. The molecule has 0 aliphatic carbocycles. The molecule has 0 saturated carbocycles. The number of halogens is 2. The average Bonchev–Trinajstić information content (AvgIpc) is 2.35. The SMILES string of the molecule is NNc1ncc(Cl)c(Oc2ccccc2Cl)n1. The van der Waals surface area contributed by atoms with E-state index in [0.717, 1.165) is 0 Å². The topological polar surface area (TPSA) is 73.1 Å². The summed E-state index contributed by atoms with van der Waals surface area (Å²) >= 11 is 11.8. The van der Waals surface area contributed by atoms with Gasteiger partial charge >= 0.3 is 0 Å². The third-order valence-corrected chi connectivity index (χ3v) is 2.46. The van der Waals surface area contributed by atoms with Crippen LogP contribution in [0.4, 0.5) is 5.95 Å². The molecule has 1 aromatic heterocycles. The molecule has 3 N–H and O–H groups in total. The van der Waals surface area contributed by atoms with E-state index in [1.165, 1.54) is 6.20 Å². The van der Waals surface area contributed by atoms with Crippen LogP contribution in [0, 0.1) is 0 Å². The first-order valence-corrected chi connectivity index (χ1v) is 5.38. The Kier molecular flexibility index (Phi) is 3.63. The highest BCUT2D eigenvalue weighted by molar-refractivity contribution is 6.32. The summed E-state index contributed by atoms with van der Waals surface area (Å²) in [5, 5.41) is 0.730. The van der Waals surface area contributed by atoms with E-state index in [9.17, 15) is 0 Å². The fraction of sp³-hybridized carbons (Fsp3) is 0. The van der Waals surface area contributed by atoms with Gasteiger partial charge in [0.05, 0.1) is 11.2 Å². The van der Waals surface area contributed by atoms with Gasteiger partial charge < -0.3 is 4.74 Å². The Morgan fingerprint density at radius 1 is 1.18 bits per heavy atom. The molecular formula is C10H8Cl2N4O. The Morgan fingerprint density at radius 2 is 1.94 bits per heavy atom. The number of para-hydroxylation sites is 1. The largest absolute Gasteiger partial charge is 0.436 e. The molecule has 0 amide bonds. The van der Waals surface area contributed by atoms with Crippen molar-refractivity contribution in [1.29, 1.82) is 0 Å². The fourth-order valence-corrected chi connectivity index (χ4v) is 1.43. The second-order valence-electron chi connectivity index (χ2n) is 3.02. The molecule has 0 spiro atoms. The standard InChI is InChI=1S/C10H8Cl2N4O/c11-6-3-1-2-4-8(6)17-9-7(12)5-14-10(15-9)16-13/h1-5H,13H2,(H,14,15,16). The summed E-state index contributed by atoms with van der Waals surface area (Å²) in [4.78, 5) is 7.80. The molecule has 88 valence electrons. The number of nitrogens with one attached hydrogen (secondary N) is 1. The predicted molar refractivity (Wildman–Crippen MR) is 66.4 cm³/mol. The number of hydrazine groups is 1. The maximum absolute atomic E-state index is 5.95. The van der Waals surface area contributed by atoms with Gasteiger partial charge in [-0.15, -0.1) is 0 Å². The van der Waals surface area contributed by atoms with Crippen molar-refractivity contribution < 1.29 is 4.74 Å². The van der Waals surface area contributed by atoms with E-state index in [0.29, 0.717) is 10.8 Å². The number of hydrogen-bond donors (Lipinski definition) is 2. The van der Waals surface area contributed by atoms with Gasteiger partial charge in [0, 0.05) is 0 Å². The van der Waals surface area contributed by atoms with E-state index in [1.54, 1.807) is 24.3 Å². The summed E-state index contributed by atoms with van der Waals surface area (Å²) in [6, 6.07) is 6.99. The summed E-state index contributed by atoms with van der Waals surface area (Å²) < 4.78 is 5.47. The van der Waals surface area contributed by atoms with Gasteiger partial charge in [-0.05, 0) is 12.1 Å². The number of aromatic nitrogens is 2. The van der Waals surface area contributed by atoms with Crippen molar-refractivity contribution in [2.45, 2.75) is 0 Å². The molecule has 0 atom stereocenters. The van der Waals surface area contributed by atoms with E-state index in [2.05, 4.69) is 15.4 Å². The first kappa shape index (κ1) is 11.9. The molecule has 0 bridgehead atoms. The van der Waals surface area contributed by atoms with Crippen LogP contribution in [0.3, 0.4) is 0 Å². The molecule has 1 aromatic carbocycles. The number of anilines is 1. The molecule has 0 aliphatic rings. The number of nitrogens with zero attached hydrogens (tertiary/aromatic N) is 2. The van der Waals surface area contributed by atoms with Gasteiger partial charge in [-0.1, -0.05) is 35.3 Å². The number of benzene rings is 1. The summed E-state index contributed by atoms with van der Waals surface area (Å²) in [5.41, 5.74) is 2.30. The summed E-state index contributed by atoms with van der Waals surface area (Å²) in [7, 11) is 0. The Hall–Kier alpha value is -1.56. The van der Waals surface area contributed by atoms with Crippen LogP contribution in [0.5, 0.6) is 11.6 Å². The van der Waals surface area contributed by atoms with Crippen molar-refractivity contribution >= 4 is 29.2 Å². The van der Waals surface area contributed by atoms with Gasteiger partial charge in [0.15, 0.2) is 0 Å². The zero-order valence-corrected chi connectivity index (χ0v) is 10.0. The molecule has 0 saturated heterocycles. The van der Waals surface area contributed by atoms with E-state index >= 15 is 0 Å². The second kappa shape index (κ2) is 5.18. The lowest BCUT2D eigenvalue weighted by Gasteiger charge is -2.08. The van der Waals surface area contributed by atoms with Crippen LogP contribution in [0.1, 0.15) is 0 Å². The van der Waals surface area contributed by atoms with E-state index in [4.69, 9.17) is 33.8 Å². The molecule has 1 heterocycles. The Morgan fingerprint density at radius 3 is 2.65 bits per heavy atom. The minimum atomic E-state index is 0.183. The summed E-state index contributed by atoms with van der Waals surface area (Å²) in [6.07, 6.45) is 1.38. The second-order valence-corrected chi connectivity index (χ2v) is 3.84. The maximum Gasteiger partial charge on any atom is 0.243 e. The molecule has 0 aliphatic heterocycles. The van der Waals surface area contributed by atoms with Crippen LogP contribution < -0.4 is 16.0 Å². The average molecular weight is 271 g/mol. The van der Waals surface area contributed by atoms with Gasteiger partial charge in [-0.3, -0.25) is 5.43 Å². The van der Waals surface area contributed by atoms with E-state index in [-0.39, 0.29) is 16.9 Å². The smallest absolute Gasteiger partial charge is 0.243 e. The van der Waals surface area contributed by atoms with E-state index in [1.807, 2.05) is 0 Å². The number of nitrogens with two attached hydrogens (primary N) is 1. The first-order chi connectivity index (χ1) is 8.20. The van der Waals surface area contributed by atoms with Gasteiger partial charge in [0.1, 0.15) is 10.8 Å². The number of ether oxygens (including phenoxy) is 1. The van der Waals surface area contributed by atoms with Crippen LogP contribution >= 0.6 is 23.2 Å². The van der Waals surface area contributed by atoms with Crippen molar-refractivity contribution in [3.8, 4) is 11.6 Å². The van der Waals surface area contributed by atoms with Crippen molar-refractivity contribution in [1.82, 2.24) is 9.97 Å². The van der Waals surface area contributed by atoms with Crippen molar-refractivity contribution in [3.05, 3.63) is 40.5 Å². The zero-order chi connectivity index (χ0) is 12.3. The van der Waals surface area contributed by atoms with Crippen LogP contribution in [-0.4, -0.2) is 9.97 Å². The zero-order valence-electron chi connectivity index (χ0n) is 8.52. The summed E-state index contributed by atoms with van der Waals surface area (Å²) in [6.45, 7) is 0. The monoisotopic (exact) mass is 270 g/mol. The fourth-order valence-electron chi connectivity index (χ4n) is 1.12. The van der Waals surface area contributed by atoms with Crippen LogP contribution in [0.25, 0.3) is 0 Å². The quantitative estimate of drug-likeness (QED) is 0.663. The third kappa shape index (κ3) is 2.76. The normalized spacial score (nSPS) is 10.1. The molecule has 0 fully saturated rings. The van der Waals surface area contributed by atoms with Crippen molar-refractivity contribution in [3.63, 3.8) is 0 Å². The van der Waals surface area contributed by atoms with Crippen LogP contribution in [0.2, 0.25) is 10.0 Å². The highest BCUT2D eigenvalue weighted by atomic mass is 35.5. The van der Waals surface area contributed by atoms with Crippen molar-refractivity contribution in [2.24, 2.45) is 5.84 Å². The highest BCUT2D eigenvalue weighted by Gasteiger charge is 2.09.